The highest BCUT2D eigenvalue weighted by Crippen LogP contribution is 2.28. The van der Waals surface area contributed by atoms with Crippen LogP contribution >= 0.6 is 11.3 Å². The van der Waals surface area contributed by atoms with Crippen LogP contribution in [0.25, 0.3) is 0 Å². The van der Waals surface area contributed by atoms with Crippen LogP contribution in [0.2, 0.25) is 0 Å². The number of carboxylic acids is 1. The second kappa shape index (κ2) is 5.43. The molecule has 0 spiro atoms. The monoisotopic (exact) mass is 269 g/mol. The molecule has 98 valence electrons. The van der Waals surface area contributed by atoms with Gasteiger partial charge in [0.1, 0.15) is 5.01 Å². The van der Waals surface area contributed by atoms with Crippen LogP contribution in [0, 0.1) is 5.92 Å². The van der Waals surface area contributed by atoms with Gasteiger partial charge in [-0.1, -0.05) is 24.7 Å². The predicted molar refractivity (Wildman–Crippen MR) is 66.6 cm³/mol. The predicted octanol–water partition coefficient (Wildman–Crippen LogP) is 1.32. The minimum atomic E-state index is -0.929. The molecule has 1 saturated heterocycles. The van der Waals surface area contributed by atoms with Crippen molar-refractivity contribution in [3.8, 4) is 0 Å². The van der Waals surface area contributed by atoms with Crippen molar-refractivity contribution in [1.29, 1.82) is 0 Å². The number of unbranched alkanes of at least 4 members (excludes halogenated alkanes) is 1. The third-order valence-corrected chi connectivity index (χ3v) is 3.91. The minimum Gasteiger partial charge on any atom is -0.481 e. The Hall–Kier alpha value is -1.50. The van der Waals surface area contributed by atoms with Crippen LogP contribution in [0.15, 0.2) is 0 Å². The SMILES string of the molecule is CCCCc1nnc(N2CC(C(=O)O)CC2=O)s1. The van der Waals surface area contributed by atoms with Gasteiger partial charge >= 0.3 is 5.97 Å². The van der Waals surface area contributed by atoms with E-state index in [0.717, 1.165) is 24.3 Å². The van der Waals surface area contributed by atoms with Crippen LogP contribution in [0.5, 0.6) is 0 Å². The van der Waals surface area contributed by atoms with Crippen molar-refractivity contribution >= 4 is 28.3 Å². The zero-order valence-electron chi connectivity index (χ0n) is 10.1. The first kappa shape index (κ1) is 12.9. The van der Waals surface area contributed by atoms with Crippen molar-refractivity contribution in [3.05, 3.63) is 5.01 Å². The maximum atomic E-state index is 11.7. The summed E-state index contributed by atoms with van der Waals surface area (Å²) in [5.41, 5.74) is 0. The molecular weight excluding hydrogens is 254 g/mol. The molecule has 1 aliphatic heterocycles. The topological polar surface area (TPSA) is 83.4 Å². The number of hydrogen-bond acceptors (Lipinski definition) is 5. The Morgan fingerprint density at radius 1 is 1.56 bits per heavy atom. The number of carboxylic acid groups (broad SMARTS) is 1. The Balaban J connectivity index is 2.05. The summed E-state index contributed by atoms with van der Waals surface area (Å²) < 4.78 is 0. The van der Waals surface area contributed by atoms with E-state index in [-0.39, 0.29) is 18.9 Å². The second-order valence-electron chi connectivity index (χ2n) is 4.33. The lowest BCUT2D eigenvalue weighted by Crippen LogP contribution is -2.25. The van der Waals surface area contributed by atoms with E-state index in [1.807, 2.05) is 0 Å². The zero-order valence-corrected chi connectivity index (χ0v) is 10.9. The molecule has 1 unspecified atom stereocenters. The summed E-state index contributed by atoms with van der Waals surface area (Å²) in [6.07, 6.45) is 3.04. The highest BCUT2D eigenvalue weighted by atomic mass is 32.1. The van der Waals surface area contributed by atoms with Gasteiger partial charge in [-0.2, -0.15) is 0 Å². The van der Waals surface area contributed by atoms with Gasteiger partial charge < -0.3 is 5.11 Å². The molecule has 1 aliphatic rings. The summed E-state index contributed by atoms with van der Waals surface area (Å²) in [4.78, 5) is 24.0. The molecule has 2 rings (SSSR count). The summed E-state index contributed by atoms with van der Waals surface area (Å²) >= 11 is 1.38. The van der Waals surface area contributed by atoms with Crippen LogP contribution in [-0.2, 0) is 16.0 Å². The molecule has 0 aromatic carbocycles. The quantitative estimate of drug-likeness (QED) is 0.871. The number of rotatable bonds is 5. The van der Waals surface area contributed by atoms with E-state index in [2.05, 4.69) is 17.1 Å². The molecule has 2 heterocycles. The van der Waals surface area contributed by atoms with Gasteiger partial charge in [0.25, 0.3) is 0 Å². The molecular formula is C11H15N3O3S. The van der Waals surface area contributed by atoms with Crippen LogP contribution in [0.1, 0.15) is 31.2 Å². The standard InChI is InChI=1S/C11H15N3O3S/c1-2-3-4-8-12-13-11(18-8)14-6-7(10(16)17)5-9(14)15/h7H,2-6H2,1H3,(H,16,17). The van der Waals surface area contributed by atoms with Gasteiger partial charge in [-0.15, -0.1) is 10.2 Å². The van der Waals surface area contributed by atoms with E-state index in [9.17, 15) is 9.59 Å². The number of aromatic nitrogens is 2. The fourth-order valence-corrected chi connectivity index (χ4v) is 2.75. The number of aliphatic carboxylic acids is 1. The first-order valence-electron chi connectivity index (χ1n) is 5.97. The van der Waals surface area contributed by atoms with E-state index >= 15 is 0 Å². The first-order valence-corrected chi connectivity index (χ1v) is 6.79. The number of carbonyl (C=O) groups is 2. The fourth-order valence-electron chi connectivity index (χ4n) is 1.84. The Labute approximate surface area is 109 Å². The molecule has 7 heteroatoms. The normalized spacial score (nSPS) is 19.5. The van der Waals surface area contributed by atoms with Gasteiger partial charge in [0, 0.05) is 19.4 Å². The number of anilines is 1. The molecule has 1 amide bonds. The number of aryl methyl sites for hydroxylation is 1. The van der Waals surface area contributed by atoms with Crippen LogP contribution in [0.3, 0.4) is 0 Å². The number of carbonyl (C=O) groups excluding carboxylic acids is 1. The van der Waals surface area contributed by atoms with E-state index in [1.54, 1.807) is 0 Å². The molecule has 1 aromatic rings. The van der Waals surface area contributed by atoms with Gasteiger partial charge in [-0.25, -0.2) is 0 Å². The second-order valence-corrected chi connectivity index (χ2v) is 5.37. The van der Waals surface area contributed by atoms with Crippen molar-refractivity contribution in [3.63, 3.8) is 0 Å². The first-order chi connectivity index (χ1) is 8.61. The average Bonchev–Trinajstić information content (AvgIpc) is 2.92. The minimum absolute atomic E-state index is 0.0548. The third-order valence-electron chi connectivity index (χ3n) is 2.91. The molecule has 6 nitrogen and oxygen atoms in total. The van der Waals surface area contributed by atoms with Gasteiger partial charge in [0.15, 0.2) is 0 Å². The van der Waals surface area contributed by atoms with E-state index in [4.69, 9.17) is 5.11 Å². The Morgan fingerprint density at radius 3 is 2.94 bits per heavy atom. The molecule has 0 bridgehead atoms. The number of amides is 1. The van der Waals surface area contributed by atoms with E-state index in [0.29, 0.717) is 5.13 Å². The highest BCUT2D eigenvalue weighted by Gasteiger charge is 2.36. The summed E-state index contributed by atoms with van der Waals surface area (Å²) in [7, 11) is 0. The number of nitrogens with zero attached hydrogens (tertiary/aromatic N) is 3. The van der Waals surface area contributed by atoms with Crippen LogP contribution in [0.4, 0.5) is 5.13 Å². The number of hydrogen-bond donors (Lipinski definition) is 1. The highest BCUT2D eigenvalue weighted by molar-refractivity contribution is 7.15. The van der Waals surface area contributed by atoms with Crippen LogP contribution in [-0.4, -0.2) is 33.7 Å². The smallest absolute Gasteiger partial charge is 0.308 e. The van der Waals surface area contributed by atoms with Gasteiger partial charge in [-0.3, -0.25) is 14.5 Å². The van der Waals surface area contributed by atoms with Crippen LogP contribution < -0.4 is 4.90 Å². The third kappa shape index (κ3) is 2.66. The summed E-state index contributed by atoms with van der Waals surface area (Å²) in [6.45, 7) is 2.31. The van der Waals surface area contributed by atoms with Crippen molar-refractivity contribution in [2.75, 3.05) is 11.4 Å². The molecule has 1 fully saturated rings. The van der Waals surface area contributed by atoms with Crippen molar-refractivity contribution in [1.82, 2.24) is 10.2 Å². The molecule has 1 aromatic heterocycles. The van der Waals surface area contributed by atoms with Gasteiger partial charge in [0.05, 0.1) is 5.92 Å². The summed E-state index contributed by atoms with van der Waals surface area (Å²) in [5.74, 6) is -1.73. The Kier molecular flexibility index (Phi) is 3.90. The van der Waals surface area contributed by atoms with E-state index < -0.39 is 11.9 Å². The lowest BCUT2D eigenvalue weighted by Gasteiger charge is -2.10. The maximum Gasteiger partial charge on any atom is 0.308 e. The van der Waals surface area contributed by atoms with Crippen molar-refractivity contribution < 1.29 is 14.7 Å². The average molecular weight is 269 g/mol. The molecule has 0 saturated carbocycles. The lowest BCUT2D eigenvalue weighted by atomic mass is 10.1. The summed E-state index contributed by atoms with van der Waals surface area (Å²) in [5, 5.41) is 18.3. The van der Waals surface area contributed by atoms with Crippen molar-refractivity contribution in [2.24, 2.45) is 5.92 Å². The molecule has 18 heavy (non-hydrogen) atoms. The van der Waals surface area contributed by atoms with Gasteiger partial charge in [-0.05, 0) is 6.42 Å². The molecule has 0 aliphatic carbocycles. The Morgan fingerprint density at radius 2 is 2.33 bits per heavy atom. The fraction of sp³-hybridized carbons (Fsp3) is 0.636. The largest absolute Gasteiger partial charge is 0.481 e. The summed E-state index contributed by atoms with van der Waals surface area (Å²) in [6, 6.07) is 0. The Bertz CT molecular complexity index is 460. The molecule has 0 radical (unpaired) electrons. The maximum absolute atomic E-state index is 11.7. The zero-order chi connectivity index (χ0) is 13.1. The van der Waals surface area contributed by atoms with Crippen molar-refractivity contribution in [2.45, 2.75) is 32.6 Å². The molecule has 1 atom stereocenters. The van der Waals surface area contributed by atoms with E-state index in [1.165, 1.54) is 16.2 Å². The van der Waals surface area contributed by atoms with Gasteiger partial charge in [0.2, 0.25) is 11.0 Å². The lowest BCUT2D eigenvalue weighted by molar-refractivity contribution is -0.141. The molecule has 1 N–H and O–H groups in total.